The zero-order valence-electron chi connectivity index (χ0n) is 10.8. The molecule has 0 saturated heterocycles. The second-order valence-corrected chi connectivity index (χ2v) is 6.80. The second kappa shape index (κ2) is 5.34. The summed E-state index contributed by atoms with van der Waals surface area (Å²) in [6.07, 6.45) is 0. The van der Waals surface area contributed by atoms with E-state index >= 15 is 0 Å². The first kappa shape index (κ1) is 14.1. The average molecular weight is 298 g/mol. The van der Waals surface area contributed by atoms with E-state index in [9.17, 15) is 9.59 Å². The number of thiophene rings is 1. The molecule has 2 heterocycles. The maximum Gasteiger partial charge on any atom is 0.316 e. The van der Waals surface area contributed by atoms with Gasteiger partial charge in [0.05, 0.1) is 16.4 Å². The molecule has 2 aromatic heterocycles. The molecule has 0 bridgehead atoms. The fourth-order valence-corrected chi connectivity index (χ4v) is 3.38. The Morgan fingerprint density at radius 3 is 2.84 bits per heavy atom. The van der Waals surface area contributed by atoms with Crippen molar-refractivity contribution in [3.63, 3.8) is 0 Å². The van der Waals surface area contributed by atoms with Crippen molar-refractivity contribution in [1.82, 2.24) is 9.97 Å². The van der Waals surface area contributed by atoms with Gasteiger partial charge in [0.2, 0.25) is 0 Å². The number of aromatic nitrogens is 2. The van der Waals surface area contributed by atoms with E-state index < -0.39 is 11.2 Å². The molecule has 2 N–H and O–H groups in total. The van der Waals surface area contributed by atoms with Crippen LogP contribution in [0.25, 0.3) is 10.2 Å². The van der Waals surface area contributed by atoms with Gasteiger partial charge in [-0.15, -0.1) is 23.1 Å². The number of fused-ring (bicyclic) bond motifs is 1. The summed E-state index contributed by atoms with van der Waals surface area (Å²) < 4.78 is 0. The molecule has 0 fully saturated rings. The first-order valence-electron chi connectivity index (χ1n) is 5.73. The molecule has 1 atom stereocenters. The van der Waals surface area contributed by atoms with E-state index in [1.807, 2.05) is 13.8 Å². The molecule has 1 unspecified atom stereocenters. The number of aryl methyl sites for hydroxylation is 2. The summed E-state index contributed by atoms with van der Waals surface area (Å²) in [6, 6.07) is 0. The molecule has 102 valence electrons. The lowest BCUT2D eigenvalue weighted by Gasteiger charge is -2.05. The third kappa shape index (κ3) is 2.82. The summed E-state index contributed by atoms with van der Waals surface area (Å²) in [5, 5.41) is 8.94. The SMILES string of the molecule is Cc1sc2nc(CSC(C)C(=O)O)[nH]c(=O)c2c1C. The first-order valence-corrected chi connectivity index (χ1v) is 7.60. The number of nitrogens with one attached hydrogen (secondary N) is 1. The van der Waals surface area contributed by atoms with Crippen LogP contribution in [0.3, 0.4) is 0 Å². The number of rotatable bonds is 4. The highest BCUT2D eigenvalue weighted by Crippen LogP contribution is 2.26. The number of carboxylic acids is 1. The highest BCUT2D eigenvalue weighted by atomic mass is 32.2. The molecule has 0 aliphatic heterocycles. The lowest BCUT2D eigenvalue weighted by atomic mass is 10.2. The molecule has 19 heavy (non-hydrogen) atoms. The monoisotopic (exact) mass is 298 g/mol. The van der Waals surface area contributed by atoms with Gasteiger partial charge in [-0.3, -0.25) is 9.59 Å². The zero-order chi connectivity index (χ0) is 14.2. The Hall–Kier alpha value is -1.34. The normalized spacial score (nSPS) is 12.8. The number of hydrogen-bond donors (Lipinski definition) is 2. The van der Waals surface area contributed by atoms with Crippen molar-refractivity contribution in [2.45, 2.75) is 31.8 Å². The van der Waals surface area contributed by atoms with Crippen LogP contribution in [-0.4, -0.2) is 26.3 Å². The van der Waals surface area contributed by atoms with E-state index in [0.717, 1.165) is 15.3 Å². The maximum absolute atomic E-state index is 12.0. The van der Waals surface area contributed by atoms with Crippen LogP contribution in [0.1, 0.15) is 23.2 Å². The Morgan fingerprint density at radius 1 is 1.53 bits per heavy atom. The molecule has 0 spiro atoms. The van der Waals surface area contributed by atoms with Crippen LogP contribution >= 0.6 is 23.1 Å². The average Bonchev–Trinajstić information content (AvgIpc) is 2.62. The summed E-state index contributed by atoms with van der Waals surface area (Å²) in [5.41, 5.74) is 0.817. The number of carboxylic acid groups (broad SMARTS) is 1. The smallest absolute Gasteiger partial charge is 0.316 e. The molecule has 2 rings (SSSR count). The number of nitrogens with zero attached hydrogens (tertiary/aromatic N) is 1. The van der Waals surface area contributed by atoms with Gasteiger partial charge < -0.3 is 10.1 Å². The van der Waals surface area contributed by atoms with Gasteiger partial charge in [0.1, 0.15) is 10.7 Å². The van der Waals surface area contributed by atoms with E-state index in [-0.39, 0.29) is 5.56 Å². The van der Waals surface area contributed by atoms with Gasteiger partial charge in [-0.2, -0.15) is 0 Å². The van der Waals surface area contributed by atoms with Crippen molar-refractivity contribution in [3.8, 4) is 0 Å². The Balaban J connectivity index is 2.31. The molecule has 0 radical (unpaired) electrons. The first-order chi connectivity index (χ1) is 8.90. The van der Waals surface area contributed by atoms with Crippen LogP contribution in [0.2, 0.25) is 0 Å². The van der Waals surface area contributed by atoms with Gasteiger partial charge in [0, 0.05) is 4.88 Å². The number of H-pyrrole nitrogens is 1. The standard InChI is InChI=1S/C12H14N2O3S2/c1-5-6(2)19-11-9(5)10(15)13-8(14-11)4-18-7(3)12(16)17/h7H,4H2,1-3H3,(H,16,17)(H,13,14,15). The number of thioether (sulfide) groups is 1. The van der Waals surface area contributed by atoms with Crippen molar-refractivity contribution in [3.05, 3.63) is 26.6 Å². The fourth-order valence-electron chi connectivity index (χ4n) is 1.64. The Kier molecular flexibility index (Phi) is 3.96. The second-order valence-electron chi connectivity index (χ2n) is 4.27. The molecule has 2 aromatic rings. The Labute approximate surface area is 118 Å². The Morgan fingerprint density at radius 2 is 2.21 bits per heavy atom. The van der Waals surface area contributed by atoms with Crippen molar-refractivity contribution >= 4 is 39.3 Å². The zero-order valence-corrected chi connectivity index (χ0v) is 12.4. The molecule has 5 nitrogen and oxygen atoms in total. The van der Waals surface area contributed by atoms with Crippen LogP contribution in [0, 0.1) is 13.8 Å². The lowest BCUT2D eigenvalue weighted by Crippen LogP contribution is -2.14. The number of aliphatic carboxylic acids is 1. The predicted molar refractivity (Wildman–Crippen MR) is 78.1 cm³/mol. The largest absolute Gasteiger partial charge is 0.480 e. The highest BCUT2D eigenvalue weighted by molar-refractivity contribution is 7.99. The van der Waals surface area contributed by atoms with Gasteiger partial charge in [0.15, 0.2) is 0 Å². The van der Waals surface area contributed by atoms with Crippen LogP contribution in [0.5, 0.6) is 0 Å². The molecular formula is C12H14N2O3S2. The minimum absolute atomic E-state index is 0.148. The molecule has 0 aliphatic carbocycles. The molecule has 0 aromatic carbocycles. The molecule has 0 aliphatic rings. The van der Waals surface area contributed by atoms with Gasteiger partial charge in [-0.25, -0.2) is 4.98 Å². The molecule has 7 heteroatoms. The van der Waals surface area contributed by atoms with Gasteiger partial charge >= 0.3 is 5.97 Å². The van der Waals surface area contributed by atoms with Crippen LogP contribution in [0.4, 0.5) is 0 Å². The van der Waals surface area contributed by atoms with Crippen molar-refractivity contribution in [1.29, 1.82) is 0 Å². The van der Waals surface area contributed by atoms with E-state index in [2.05, 4.69) is 9.97 Å². The third-order valence-corrected chi connectivity index (χ3v) is 5.15. The quantitative estimate of drug-likeness (QED) is 0.905. The van der Waals surface area contributed by atoms with Crippen molar-refractivity contribution in [2.24, 2.45) is 0 Å². The van der Waals surface area contributed by atoms with E-state index in [4.69, 9.17) is 5.11 Å². The molecular weight excluding hydrogens is 284 g/mol. The molecule has 0 saturated carbocycles. The maximum atomic E-state index is 12.0. The van der Waals surface area contributed by atoms with Crippen molar-refractivity contribution in [2.75, 3.05) is 0 Å². The summed E-state index contributed by atoms with van der Waals surface area (Å²) in [6.45, 7) is 5.48. The summed E-state index contributed by atoms with van der Waals surface area (Å²) in [5.74, 6) is 0.0438. The van der Waals surface area contributed by atoms with E-state index in [1.54, 1.807) is 6.92 Å². The molecule has 0 amide bonds. The number of carbonyl (C=O) groups is 1. The van der Waals surface area contributed by atoms with E-state index in [1.165, 1.54) is 23.1 Å². The van der Waals surface area contributed by atoms with Crippen molar-refractivity contribution < 1.29 is 9.90 Å². The summed E-state index contributed by atoms with van der Waals surface area (Å²) in [7, 11) is 0. The predicted octanol–water partition coefficient (Wildman–Crippen LogP) is 2.31. The van der Waals surface area contributed by atoms with Crippen LogP contribution in [0.15, 0.2) is 4.79 Å². The minimum Gasteiger partial charge on any atom is -0.480 e. The summed E-state index contributed by atoms with van der Waals surface area (Å²) in [4.78, 5) is 31.7. The lowest BCUT2D eigenvalue weighted by molar-refractivity contribution is -0.136. The number of hydrogen-bond acceptors (Lipinski definition) is 5. The topological polar surface area (TPSA) is 83.0 Å². The van der Waals surface area contributed by atoms with E-state index in [0.29, 0.717) is 17.0 Å². The highest BCUT2D eigenvalue weighted by Gasteiger charge is 2.14. The van der Waals surface area contributed by atoms with Gasteiger partial charge in [0.25, 0.3) is 5.56 Å². The third-order valence-electron chi connectivity index (χ3n) is 2.91. The summed E-state index contributed by atoms with van der Waals surface area (Å²) >= 11 is 2.73. The van der Waals surface area contributed by atoms with Gasteiger partial charge in [-0.05, 0) is 26.3 Å². The van der Waals surface area contributed by atoms with Gasteiger partial charge in [-0.1, -0.05) is 0 Å². The Bertz CT molecular complexity index is 690. The number of aromatic amines is 1. The fraction of sp³-hybridized carbons (Fsp3) is 0.417. The van der Waals surface area contributed by atoms with Crippen LogP contribution < -0.4 is 5.56 Å². The van der Waals surface area contributed by atoms with Crippen LogP contribution in [-0.2, 0) is 10.5 Å². The minimum atomic E-state index is -0.865.